The molecule has 1 aromatic carbocycles. The molecule has 0 heterocycles. The minimum absolute atomic E-state index is 0.0437. The molecular weight excluding hydrogens is 202 g/mol. The number of hydrogen-bond acceptors (Lipinski definition) is 3. The lowest BCUT2D eigenvalue weighted by Crippen LogP contribution is -2.09. The molecule has 0 saturated carbocycles. The lowest BCUT2D eigenvalue weighted by molar-refractivity contribution is 0.317. The maximum Gasteiger partial charge on any atom is 0.161 e. The van der Waals surface area contributed by atoms with Crippen LogP contribution in [0.5, 0.6) is 11.5 Å². The Morgan fingerprint density at radius 1 is 1.56 bits per heavy atom. The van der Waals surface area contributed by atoms with Crippen molar-refractivity contribution in [3.05, 3.63) is 36.4 Å². The van der Waals surface area contributed by atoms with E-state index in [2.05, 4.69) is 6.58 Å². The van der Waals surface area contributed by atoms with Gasteiger partial charge in [-0.25, -0.2) is 0 Å². The number of hydrogen-bond donors (Lipinski definition) is 2. The fourth-order valence-corrected chi connectivity index (χ4v) is 1.50. The molecule has 3 nitrogen and oxygen atoms in total. The maximum absolute atomic E-state index is 9.54. The number of ether oxygens (including phenoxy) is 1. The fourth-order valence-electron chi connectivity index (χ4n) is 1.50. The van der Waals surface area contributed by atoms with E-state index in [9.17, 15) is 5.11 Å². The van der Waals surface area contributed by atoms with Crippen molar-refractivity contribution in [2.45, 2.75) is 25.8 Å². The first-order chi connectivity index (χ1) is 7.69. The number of aromatic hydroxyl groups is 1. The van der Waals surface area contributed by atoms with Crippen LogP contribution in [0.3, 0.4) is 0 Å². The third kappa shape index (κ3) is 3.28. The van der Waals surface area contributed by atoms with Crippen LogP contribution in [0.15, 0.2) is 30.9 Å². The zero-order valence-electron chi connectivity index (χ0n) is 9.65. The van der Waals surface area contributed by atoms with Crippen LogP contribution in [0, 0.1) is 0 Å². The number of phenolic OH excluding ortho intramolecular Hbond substituents is 1. The summed E-state index contributed by atoms with van der Waals surface area (Å²) in [6, 6.07) is 5.20. The van der Waals surface area contributed by atoms with Gasteiger partial charge in [0.1, 0.15) is 0 Å². The highest BCUT2D eigenvalue weighted by Gasteiger charge is 2.09. The van der Waals surface area contributed by atoms with Gasteiger partial charge in [0.05, 0.1) is 6.61 Å². The van der Waals surface area contributed by atoms with E-state index in [1.807, 2.05) is 19.1 Å². The molecule has 0 amide bonds. The fraction of sp³-hybridized carbons (Fsp3) is 0.385. The molecule has 0 bridgehead atoms. The van der Waals surface area contributed by atoms with Crippen molar-refractivity contribution in [1.82, 2.24) is 0 Å². The molecule has 0 aliphatic carbocycles. The Kier molecular flexibility index (Phi) is 4.86. The Morgan fingerprint density at radius 2 is 2.31 bits per heavy atom. The largest absolute Gasteiger partial charge is 0.504 e. The number of allylic oxidation sites excluding steroid dienone is 1. The van der Waals surface area contributed by atoms with E-state index < -0.39 is 0 Å². The van der Waals surface area contributed by atoms with Gasteiger partial charge in [-0.15, -0.1) is 6.58 Å². The first kappa shape index (κ1) is 12.6. The van der Waals surface area contributed by atoms with E-state index in [1.54, 1.807) is 12.1 Å². The predicted molar refractivity (Wildman–Crippen MR) is 65.6 cm³/mol. The highest BCUT2D eigenvalue weighted by atomic mass is 16.5. The molecule has 1 aromatic rings. The SMILES string of the molecule is C=CCC[C@@H](N)c1ccc(O)c(OCC)c1. The van der Waals surface area contributed by atoms with Gasteiger partial charge < -0.3 is 15.6 Å². The van der Waals surface area contributed by atoms with Crippen molar-refractivity contribution in [3.63, 3.8) is 0 Å². The summed E-state index contributed by atoms with van der Waals surface area (Å²) in [5.74, 6) is 0.649. The van der Waals surface area contributed by atoms with Gasteiger partial charge in [-0.1, -0.05) is 12.1 Å². The molecule has 1 atom stereocenters. The zero-order chi connectivity index (χ0) is 12.0. The van der Waals surface area contributed by atoms with E-state index in [0.29, 0.717) is 12.4 Å². The average molecular weight is 221 g/mol. The van der Waals surface area contributed by atoms with Gasteiger partial charge in [-0.05, 0) is 37.5 Å². The van der Waals surface area contributed by atoms with Gasteiger partial charge in [0.2, 0.25) is 0 Å². The Balaban J connectivity index is 2.80. The van der Waals surface area contributed by atoms with Crippen LogP contribution in [0.4, 0.5) is 0 Å². The number of rotatable bonds is 6. The minimum atomic E-state index is -0.0437. The van der Waals surface area contributed by atoms with Crippen molar-refractivity contribution >= 4 is 0 Å². The Hall–Kier alpha value is -1.48. The first-order valence-corrected chi connectivity index (χ1v) is 5.51. The van der Waals surface area contributed by atoms with Crippen molar-refractivity contribution in [2.75, 3.05) is 6.61 Å². The zero-order valence-corrected chi connectivity index (χ0v) is 9.65. The molecule has 0 aliphatic rings. The van der Waals surface area contributed by atoms with E-state index in [0.717, 1.165) is 18.4 Å². The van der Waals surface area contributed by atoms with E-state index in [1.165, 1.54) is 0 Å². The van der Waals surface area contributed by atoms with E-state index >= 15 is 0 Å². The maximum atomic E-state index is 9.54. The monoisotopic (exact) mass is 221 g/mol. The second-order valence-electron chi connectivity index (χ2n) is 3.63. The second kappa shape index (κ2) is 6.18. The second-order valence-corrected chi connectivity index (χ2v) is 3.63. The van der Waals surface area contributed by atoms with Gasteiger partial charge >= 0.3 is 0 Å². The molecular formula is C13H19NO2. The highest BCUT2D eigenvalue weighted by molar-refractivity contribution is 5.42. The summed E-state index contributed by atoms with van der Waals surface area (Å²) in [7, 11) is 0. The molecule has 16 heavy (non-hydrogen) atoms. The summed E-state index contributed by atoms with van der Waals surface area (Å²) in [5, 5.41) is 9.54. The van der Waals surface area contributed by atoms with Crippen LogP contribution in [0.25, 0.3) is 0 Å². The van der Waals surface area contributed by atoms with Gasteiger partial charge in [-0.2, -0.15) is 0 Å². The molecule has 0 fully saturated rings. The Bertz CT molecular complexity index is 350. The summed E-state index contributed by atoms with van der Waals surface area (Å²) >= 11 is 0. The third-order valence-corrected chi connectivity index (χ3v) is 2.39. The third-order valence-electron chi connectivity index (χ3n) is 2.39. The summed E-state index contributed by atoms with van der Waals surface area (Å²) in [5.41, 5.74) is 6.99. The molecule has 0 unspecified atom stereocenters. The smallest absolute Gasteiger partial charge is 0.161 e. The van der Waals surface area contributed by atoms with Crippen molar-refractivity contribution in [2.24, 2.45) is 5.73 Å². The van der Waals surface area contributed by atoms with E-state index in [4.69, 9.17) is 10.5 Å². The molecule has 0 radical (unpaired) electrons. The summed E-state index contributed by atoms with van der Waals surface area (Å²) in [6.45, 7) is 6.07. The normalized spacial score (nSPS) is 12.1. The lowest BCUT2D eigenvalue weighted by atomic mass is 10.0. The molecule has 0 spiro atoms. The first-order valence-electron chi connectivity index (χ1n) is 5.51. The quantitative estimate of drug-likeness (QED) is 0.726. The number of benzene rings is 1. The minimum Gasteiger partial charge on any atom is -0.504 e. The number of phenols is 1. The van der Waals surface area contributed by atoms with Crippen LogP contribution in [0.2, 0.25) is 0 Å². The van der Waals surface area contributed by atoms with Crippen LogP contribution >= 0.6 is 0 Å². The number of nitrogens with two attached hydrogens (primary N) is 1. The average Bonchev–Trinajstić information content (AvgIpc) is 2.29. The highest BCUT2D eigenvalue weighted by Crippen LogP contribution is 2.29. The predicted octanol–water partition coefficient (Wildman–Crippen LogP) is 2.76. The molecule has 88 valence electrons. The van der Waals surface area contributed by atoms with Crippen LogP contribution < -0.4 is 10.5 Å². The van der Waals surface area contributed by atoms with Crippen LogP contribution in [0.1, 0.15) is 31.4 Å². The Morgan fingerprint density at radius 3 is 2.94 bits per heavy atom. The molecule has 1 rings (SSSR count). The van der Waals surface area contributed by atoms with Gasteiger partial charge in [-0.3, -0.25) is 0 Å². The summed E-state index contributed by atoms with van der Waals surface area (Å²) < 4.78 is 5.31. The lowest BCUT2D eigenvalue weighted by Gasteiger charge is -2.13. The van der Waals surface area contributed by atoms with Crippen LogP contribution in [-0.4, -0.2) is 11.7 Å². The summed E-state index contributed by atoms with van der Waals surface area (Å²) in [4.78, 5) is 0. The standard InChI is InChI=1S/C13H19NO2/c1-3-5-6-11(14)10-7-8-12(15)13(9-10)16-4-2/h3,7-9,11,15H,1,4-6,14H2,2H3/t11-/m1/s1. The van der Waals surface area contributed by atoms with Crippen molar-refractivity contribution in [3.8, 4) is 11.5 Å². The molecule has 0 aliphatic heterocycles. The molecule has 0 aromatic heterocycles. The van der Waals surface area contributed by atoms with E-state index in [-0.39, 0.29) is 11.8 Å². The van der Waals surface area contributed by atoms with Crippen LogP contribution in [-0.2, 0) is 0 Å². The topological polar surface area (TPSA) is 55.5 Å². The Labute approximate surface area is 96.5 Å². The van der Waals surface area contributed by atoms with Gasteiger partial charge in [0.25, 0.3) is 0 Å². The molecule has 0 saturated heterocycles. The molecule has 3 N–H and O–H groups in total. The van der Waals surface area contributed by atoms with Gasteiger partial charge in [0, 0.05) is 6.04 Å². The van der Waals surface area contributed by atoms with Crippen molar-refractivity contribution in [1.29, 1.82) is 0 Å². The van der Waals surface area contributed by atoms with Gasteiger partial charge in [0.15, 0.2) is 11.5 Å². The molecule has 3 heteroatoms. The van der Waals surface area contributed by atoms with Crippen molar-refractivity contribution < 1.29 is 9.84 Å². The summed E-state index contributed by atoms with van der Waals surface area (Å²) in [6.07, 6.45) is 3.58.